The summed E-state index contributed by atoms with van der Waals surface area (Å²) in [4.78, 5) is 12.6. The summed E-state index contributed by atoms with van der Waals surface area (Å²) < 4.78 is 0.818. The Balaban J connectivity index is 1.93. The molecule has 0 radical (unpaired) electrons. The van der Waals surface area contributed by atoms with E-state index in [0.29, 0.717) is 11.4 Å². The van der Waals surface area contributed by atoms with Crippen LogP contribution in [0.15, 0.2) is 46.3 Å². The van der Waals surface area contributed by atoms with Gasteiger partial charge in [0.25, 0.3) is 5.91 Å². The van der Waals surface area contributed by atoms with Crippen LogP contribution in [0, 0.1) is 0 Å². The van der Waals surface area contributed by atoms with Gasteiger partial charge < -0.3 is 11.1 Å². The number of benzene rings is 1. The van der Waals surface area contributed by atoms with Gasteiger partial charge >= 0.3 is 0 Å². The van der Waals surface area contributed by atoms with Crippen LogP contribution in [-0.2, 0) is 0 Å². The quantitative estimate of drug-likeness (QED) is 0.908. The molecule has 1 aromatic carbocycles. The third kappa shape index (κ3) is 3.19. The van der Waals surface area contributed by atoms with E-state index in [0.717, 1.165) is 10.0 Å². The number of carbonyl (C=O) groups is 1. The van der Waals surface area contributed by atoms with E-state index in [1.807, 2.05) is 41.8 Å². The number of thiophene rings is 1. The Hall–Kier alpha value is -1.17. The van der Waals surface area contributed by atoms with E-state index in [4.69, 9.17) is 5.73 Å². The maximum absolute atomic E-state index is 11.9. The summed E-state index contributed by atoms with van der Waals surface area (Å²) in [5.74, 6) is -0.0942. The molecule has 0 aliphatic carbocycles. The molecule has 0 aliphatic rings. The van der Waals surface area contributed by atoms with E-state index in [1.54, 1.807) is 0 Å². The van der Waals surface area contributed by atoms with Crippen molar-refractivity contribution in [2.24, 2.45) is 5.73 Å². The Kier molecular flexibility index (Phi) is 4.52. The number of nitrogens with one attached hydrogen (secondary N) is 1. The van der Waals surface area contributed by atoms with Crippen molar-refractivity contribution in [3.63, 3.8) is 0 Å². The van der Waals surface area contributed by atoms with E-state index < -0.39 is 0 Å². The Morgan fingerprint density at radius 2 is 2.06 bits per heavy atom. The lowest BCUT2D eigenvalue weighted by Crippen LogP contribution is -2.31. The topological polar surface area (TPSA) is 55.1 Å². The second-order valence-corrected chi connectivity index (χ2v) is 5.60. The molecule has 1 heterocycles. The van der Waals surface area contributed by atoms with E-state index in [1.165, 1.54) is 11.3 Å². The molecular formula is C13H13BrN2OS. The third-order valence-electron chi connectivity index (χ3n) is 2.53. The maximum Gasteiger partial charge on any atom is 0.262 e. The van der Waals surface area contributed by atoms with Crippen molar-refractivity contribution in [3.8, 4) is 0 Å². The largest absolute Gasteiger partial charge is 0.349 e. The summed E-state index contributed by atoms with van der Waals surface area (Å²) in [6.07, 6.45) is 0. The summed E-state index contributed by atoms with van der Waals surface area (Å²) >= 11 is 4.74. The molecular weight excluding hydrogens is 312 g/mol. The summed E-state index contributed by atoms with van der Waals surface area (Å²) in [5.41, 5.74) is 7.03. The Bertz CT molecular complexity index is 527. The molecule has 2 rings (SSSR count). The van der Waals surface area contributed by atoms with Gasteiger partial charge in [-0.3, -0.25) is 4.79 Å². The second-order valence-electron chi connectivity index (χ2n) is 3.82. The van der Waals surface area contributed by atoms with Crippen LogP contribution in [0.4, 0.5) is 0 Å². The van der Waals surface area contributed by atoms with Gasteiger partial charge in [0.2, 0.25) is 0 Å². The van der Waals surface area contributed by atoms with Crippen LogP contribution in [0.3, 0.4) is 0 Å². The molecule has 1 amide bonds. The summed E-state index contributed by atoms with van der Waals surface area (Å²) in [7, 11) is 0. The van der Waals surface area contributed by atoms with Gasteiger partial charge in [-0.15, -0.1) is 11.3 Å². The second kappa shape index (κ2) is 6.13. The van der Waals surface area contributed by atoms with Gasteiger partial charge in [0, 0.05) is 17.1 Å². The first-order chi connectivity index (χ1) is 8.68. The highest BCUT2D eigenvalue weighted by molar-refractivity contribution is 9.10. The first kappa shape index (κ1) is 13.3. The number of rotatable bonds is 4. The van der Waals surface area contributed by atoms with Gasteiger partial charge in [0.1, 0.15) is 4.88 Å². The van der Waals surface area contributed by atoms with Crippen molar-refractivity contribution in [1.29, 1.82) is 0 Å². The Morgan fingerprint density at radius 3 is 2.67 bits per heavy atom. The van der Waals surface area contributed by atoms with Gasteiger partial charge in [-0.05, 0) is 32.9 Å². The highest BCUT2D eigenvalue weighted by Gasteiger charge is 2.13. The highest BCUT2D eigenvalue weighted by atomic mass is 79.9. The van der Waals surface area contributed by atoms with Gasteiger partial charge in [0.15, 0.2) is 0 Å². The molecule has 0 saturated carbocycles. The van der Waals surface area contributed by atoms with Crippen molar-refractivity contribution in [2.45, 2.75) is 6.04 Å². The minimum Gasteiger partial charge on any atom is -0.349 e. The maximum atomic E-state index is 11.9. The number of halogens is 1. The zero-order chi connectivity index (χ0) is 13.0. The average Bonchev–Trinajstić information content (AvgIpc) is 2.83. The molecule has 5 heteroatoms. The molecule has 1 atom stereocenters. The zero-order valence-electron chi connectivity index (χ0n) is 9.60. The van der Waals surface area contributed by atoms with E-state index in [9.17, 15) is 4.79 Å². The fourth-order valence-electron chi connectivity index (χ4n) is 1.56. The SMILES string of the molecule is NC(CNC(=O)c1sccc1Br)c1ccccc1. The van der Waals surface area contributed by atoms with Gasteiger partial charge in [-0.25, -0.2) is 0 Å². The van der Waals surface area contributed by atoms with E-state index >= 15 is 0 Å². The van der Waals surface area contributed by atoms with Crippen LogP contribution in [0.1, 0.15) is 21.3 Å². The third-order valence-corrected chi connectivity index (χ3v) is 4.37. The molecule has 1 aromatic heterocycles. The number of nitrogens with two attached hydrogens (primary N) is 1. The number of carbonyl (C=O) groups excluding carboxylic acids is 1. The molecule has 2 aromatic rings. The van der Waals surface area contributed by atoms with Crippen molar-refractivity contribution >= 4 is 33.2 Å². The molecule has 0 aliphatic heterocycles. The average molecular weight is 325 g/mol. The standard InChI is InChI=1S/C13H13BrN2OS/c14-10-6-7-18-12(10)13(17)16-8-11(15)9-4-2-1-3-5-9/h1-7,11H,8,15H2,(H,16,17). The summed E-state index contributed by atoms with van der Waals surface area (Å²) in [6, 6.07) is 11.4. The van der Waals surface area contributed by atoms with Crippen molar-refractivity contribution in [2.75, 3.05) is 6.54 Å². The van der Waals surface area contributed by atoms with Crippen molar-refractivity contribution in [3.05, 3.63) is 56.7 Å². The summed E-state index contributed by atoms with van der Waals surface area (Å²) in [5, 5.41) is 4.71. The molecule has 0 fully saturated rings. The van der Waals surface area contributed by atoms with Crippen LogP contribution in [0.5, 0.6) is 0 Å². The lowest BCUT2D eigenvalue weighted by Gasteiger charge is -2.12. The van der Waals surface area contributed by atoms with E-state index in [-0.39, 0.29) is 11.9 Å². The minimum absolute atomic E-state index is 0.0942. The number of hydrogen-bond acceptors (Lipinski definition) is 3. The monoisotopic (exact) mass is 324 g/mol. The lowest BCUT2D eigenvalue weighted by atomic mass is 10.1. The number of amides is 1. The minimum atomic E-state index is -0.186. The van der Waals surface area contributed by atoms with E-state index in [2.05, 4.69) is 21.2 Å². The molecule has 94 valence electrons. The smallest absolute Gasteiger partial charge is 0.262 e. The van der Waals surface area contributed by atoms with Crippen LogP contribution in [0.25, 0.3) is 0 Å². The fourth-order valence-corrected chi connectivity index (χ4v) is 3.02. The lowest BCUT2D eigenvalue weighted by molar-refractivity contribution is 0.0954. The highest BCUT2D eigenvalue weighted by Crippen LogP contribution is 2.22. The first-order valence-electron chi connectivity index (χ1n) is 5.50. The Labute approximate surface area is 118 Å². The van der Waals surface area contributed by atoms with Gasteiger partial charge in [-0.2, -0.15) is 0 Å². The Morgan fingerprint density at radius 1 is 1.33 bits per heavy atom. The molecule has 3 nitrogen and oxygen atoms in total. The molecule has 18 heavy (non-hydrogen) atoms. The van der Waals surface area contributed by atoms with Crippen LogP contribution >= 0.6 is 27.3 Å². The first-order valence-corrected chi connectivity index (χ1v) is 7.17. The van der Waals surface area contributed by atoms with Crippen LogP contribution in [-0.4, -0.2) is 12.5 Å². The molecule has 3 N–H and O–H groups in total. The zero-order valence-corrected chi connectivity index (χ0v) is 12.0. The normalized spacial score (nSPS) is 12.1. The molecule has 1 unspecified atom stereocenters. The predicted molar refractivity (Wildman–Crippen MR) is 77.7 cm³/mol. The van der Waals surface area contributed by atoms with Gasteiger partial charge in [0.05, 0.1) is 0 Å². The van der Waals surface area contributed by atoms with Crippen LogP contribution in [0.2, 0.25) is 0 Å². The number of hydrogen-bond donors (Lipinski definition) is 2. The van der Waals surface area contributed by atoms with Crippen LogP contribution < -0.4 is 11.1 Å². The predicted octanol–water partition coefficient (Wildman–Crippen LogP) is 2.94. The van der Waals surface area contributed by atoms with Crippen molar-refractivity contribution in [1.82, 2.24) is 5.32 Å². The fraction of sp³-hybridized carbons (Fsp3) is 0.154. The molecule has 0 spiro atoms. The van der Waals surface area contributed by atoms with Crippen molar-refractivity contribution < 1.29 is 4.79 Å². The molecule has 0 bridgehead atoms. The van der Waals surface area contributed by atoms with Gasteiger partial charge in [-0.1, -0.05) is 30.3 Å². The molecule has 0 saturated heterocycles. The summed E-state index contributed by atoms with van der Waals surface area (Å²) in [6.45, 7) is 0.424.